The molecular weight excluding hydrogens is 649 g/mol. The number of aliphatic hydroxyl groups excluding tert-OH is 1. The molecule has 0 aromatic heterocycles. The molecule has 0 radical (unpaired) electrons. The van der Waals surface area contributed by atoms with Crippen molar-refractivity contribution in [1.29, 1.82) is 0 Å². The van der Waals surface area contributed by atoms with E-state index in [0.717, 1.165) is 52.2 Å². The van der Waals surface area contributed by atoms with Crippen LogP contribution in [0.5, 0.6) is 0 Å². The van der Waals surface area contributed by atoms with Gasteiger partial charge in [-0.2, -0.15) is 0 Å². The highest BCUT2D eigenvalue weighted by atomic mass is 16.3. The Hall–Kier alpha value is -4.10. The summed E-state index contributed by atoms with van der Waals surface area (Å²) >= 11 is 0. The molecule has 0 spiro atoms. The molecule has 0 bridgehead atoms. The van der Waals surface area contributed by atoms with E-state index in [2.05, 4.69) is 199 Å². The van der Waals surface area contributed by atoms with Crippen LogP contribution in [0.25, 0.3) is 0 Å². The number of hydrogen-bond acceptors (Lipinski definition) is 5. The second-order valence-corrected chi connectivity index (χ2v) is 15.2. The maximum atomic E-state index is 10.5. The highest BCUT2D eigenvalue weighted by Crippen LogP contribution is 2.23. The van der Waals surface area contributed by atoms with Gasteiger partial charge in [-0.25, -0.2) is 0 Å². The molecule has 0 amide bonds. The van der Waals surface area contributed by atoms with E-state index in [-0.39, 0.29) is 30.8 Å². The predicted molar refractivity (Wildman–Crippen MR) is 222 cm³/mol. The van der Waals surface area contributed by atoms with E-state index in [1.807, 2.05) is 0 Å². The van der Waals surface area contributed by atoms with E-state index in [4.69, 9.17) is 0 Å². The Morgan fingerprint density at radius 1 is 0.472 bits per heavy atom. The van der Waals surface area contributed by atoms with Crippen molar-refractivity contribution in [1.82, 2.24) is 20.0 Å². The maximum absolute atomic E-state index is 10.5. The minimum absolute atomic E-state index is 0.0428. The minimum Gasteiger partial charge on any atom is -0.395 e. The van der Waals surface area contributed by atoms with Crippen LogP contribution < -0.4 is 5.32 Å². The van der Waals surface area contributed by atoms with Gasteiger partial charge in [0.1, 0.15) is 0 Å². The molecule has 53 heavy (non-hydrogen) atoms. The Labute approximate surface area is 320 Å². The fraction of sp³-hybridized carbons (Fsp3) is 0.375. The predicted octanol–water partition coefficient (Wildman–Crippen LogP) is 8.69. The van der Waals surface area contributed by atoms with Gasteiger partial charge < -0.3 is 10.4 Å². The SMILES string of the molecule is CC(C)[C@@H](CN(Cc1ccccc1)[C@@H](C)CO)N(Cc1ccccc1)C[C@H](Cc1ccccc1)N(Cc1ccccc1)C[C@H](C)NCc1ccccc1. The lowest BCUT2D eigenvalue weighted by molar-refractivity contribution is 0.0368. The van der Waals surface area contributed by atoms with Crippen LogP contribution in [0.15, 0.2) is 152 Å². The van der Waals surface area contributed by atoms with Crippen LogP contribution in [0.3, 0.4) is 0 Å². The van der Waals surface area contributed by atoms with Crippen molar-refractivity contribution >= 4 is 0 Å². The number of aliphatic hydroxyl groups is 1. The van der Waals surface area contributed by atoms with Gasteiger partial charge in [-0.3, -0.25) is 14.7 Å². The molecule has 4 atom stereocenters. The molecule has 0 unspecified atom stereocenters. The van der Waals surface area contributed by atoms with E-state index in [1.165, 1.54) is 27.8 Å². The molecule has 0 fully saturated rings. The van der Waals surface area contributed by atoms with Crippen LogP contribution >= 0.6 is 0 Å². The van der Waals surface area contributed by atoms with Gasteiger partial charge in [-0.1, -0.05) is 166 Å². The molecule has 0 aliphatic carbocycles. The second kappa shape index (κ2) is 21.6. The summed E-state index contributed by atoms with van der Waals surface area (Å²) in [6, 6.07) is 55.3. The molecular formula is C48H62N4O. The van der Waals surface area contributed by atoms with Crippen molar-refractivity contribution in [2.45, 2.75) is 84.5 Å². The lowest BCUT2D eigenvalue weighted by Crippen LogP contribution is -2.55. The third-order valence-corrected chi connectivity index (χ3v) is 10.5. The van der Waals surface area contributed by atoms with Crippen LogP contribution in [-0.2, 0) is 32.6 Å². The van der Waals surface area contributed by atoms with Gasteiger partial charge in [0, 0.05) is 70.0 Å². The molecule has 0 heterocycles. The first-order chi connectivity index (χ1) is 25.9. The van der Waals surface area contributed by atoms with Crippen LogP contribution in [0.4, 0.5) is 0 Å². The zero-order valence-corrected chi connectivity index (χ0v) is 32.5. The zero-order valence-electron chi connectivity index (χ0n) is 32.5. The van der Waals surface area contributed by atoms with Gasteiger partial charge in [0.15, 0.2) is 0 Å². The molecule has 280 valence electrons. The third kappa shape index (κ3) is 13.4. The monoisotopic (exact) mass is 710 g/mol. The maximum Gasteiger partial charge on any atom is 0.0584 e. The first-order valence-electron chi connectivity index (χ1n) is 19.6. The quantitative estimate of drug-likeness (QED) is 0.0753. The summed E-state index contributed by atoms with van der Waals surface area (Å²) in [6.45, 7) is 15.5. The van der Waals surface area contributed by atoms with E-state index >= 15 is 0 Å². The van der Waals surface area contributed by atoms with Crippen LogP contribution in [-0.4, -0.2) is 70.2 Å². The lowest BCUT2D eigenvalue weighted by atomic mass is 9.96. The molecule has 0 saturated heterocycles. The van der Waals surface area contributed by atoms with E-state index in [1.54, 1.807) is 0 Å². The normalized spacial score (nSPS) is 14.1. The average molecular weight is 711 g/mol. The third-order valence-electron chi connectivity index (χ3n) is 10.5. The van der Waals surface area contributed by atoms with Crippen LogP contribution in [0, 0.1) is 5.92 Å². The van der Waals surface area contributed by atoms with Gasteiger partial charge >= 0.3 is 0 Å². The highest BCUT2D eigenvalue weighted by molar-refractivity contribution is 5.20. The van der Waals surface area contributed by atoms with Gasteiger partial charge in [0.05, 0.1) is 6.61 Å². The fourth-order valence-corrected chi connectivity index (χ4v) is 7.39. The standard InChI is InChI=1S/C48H62N4O/c1-39(2)48(37-50(41(4)38-53)33-44-24-14-7-15-25-44)52(35-46-28-18-9-19-29-46)36-47(30-42-20-10-5-11-21-42)51(34-45-26-16-8-17-27-45)32-40(3)49-31-43-22-12-6-13-23-43/h5-29,39-41,47-49,53H,30-38H2,1-4H3/t40-,41-,47-,48+/m0/s1. The summed E-state index contributed by atoms with van der Waals surface area (Å²) in [7, 11) is 0. The second-order valence-electron chi connectivity index (χ2n) is 15.2. The summed E-state index contributed by atoms with van der Waals surface area (Å²) in [6.07, 6.45) is 0.954. The molecule has 5 aromatic rings. The van der Waals surface area contributed by atoms with E-state index < -0.39 is 0 Å². The van der Waals surface area contributed by atoms with E-state index in [0.29, 0.717) is 5.92 Å². The smallest absolute Gasteiger partial charge is 0.0584 e. The fourth-order valence-electron chi connectivity index (χ4n) is 7.39. The summed E-state index contributed by atoms with van der Waals surface area (Å²) in [5.74, 6) is 0.397. The molecule has 5 aromatic carbocycles. The number of nitrogens with one attached hydrogen (secondary N) is 1. The topological polar surface area (TPSA) is 42.0 Å². The van der Waals surface area contributed by atoms with Crippen molar-refractivity contribution in [2.24, 2.45) is 5.92 Å². The number of hydrogen-bond donors (Lipinski definition) is 2. The molecule has 5 nitrogen and oxygen atoms in total. The first-order valence-corrected chi connectivity index (χ1v) is 19.6. The Balaban J connectivity index is 1.50. The minimum atomic E-state index is 0.0428. The highest BCUT2D eigenvalue weighted by Gasteiger charge is 2.31. The average Bonchev–Trinajstić information content (AvgIpc) is 3.19. The van der Waals surface area contributed by atoms with Crippen molar-refractivity contribution in [2.75, 3.05) is 26.2 Å². The zero-order chi connectivity index (χ0) is 37.3. The van der Waals surface area contributed by atoms with Crippen molar-refractivity contribution < 1.29 is 5.11 Å². The lowest BCUT2D eigenvalue weighted by Gasteiger charge is -2.43. The summed E-state index contributed by atoms with van der Waals surface area (Å²) < 4.78 is 0. The largest absolute Gasteiger partial charge is 0.395 e. The van der Waals surface area contributed by atoms with Gasteiger partial charge in [-0.15, -0.1) is 0 Å². The number of rotatable bonds is 22. The molecule has 2 N–H and O–H groups in total. The van der Waals surface area contributed by atoms with Gasteiger partial charge in [0.2, 0.25) is 0 Å². The van der Waals surface area contributed by atoms with Crippen molar-refractivity contribution in [3.8, 4) is 0 Å². The van der Waals surface area contributed by atoms with Gasteiger partial charge in [-0.05, 0) is 54.0 Å². The Morgan fingerprint density at radius 3 is 1.34 bits per heavy atom. The molecule has 5 rings (SSSR count). The molecule has 0 aliphatic rings. The summed E-state index contributed by atoms with van der Waals surface area (Å²) in [5.41, 5.74) is 6.61. The summed E-state index contributed by atoms with van der Waals surface area (Å²) in [4.78, 5) is 7.98. The molecule has 5 heteroatoms. The Morgan fingerprint density at radius 2 is 0.887 bits per heavy atom. The van der Waals surface area contributed by atoms with Gasteiger partial charge in [0.25, 0.3) is 0 Å². The first kappa shape index (κ1) is 40.1. The molecule has 0 saturated carbocycles. The van der Waals surface area contributed by atoms with Crippen LogP contribution in [0.1, 0.15) is 55.5 Å². The molecule has 0 aliphatic heterocycles. The van der Waals surface area contributed by atoms with E-state index in [9.17, 15) is 5.11 Å². The summed E-state index contributed by atoms with van der Waals surface area (Å²) in [5, 5.41) is 14.3. The van der Waals surface area contributed by atoms with Crippen LogP contribution in [0.2, 0.25) is 0 Å². The Kier molecular flexibility index (Phi) is 16.3. The van der Waals surface area contributed by atoms with Crippen molar-refractivity contribution in [3.63, 3.8) is 0 Å². The number of nitrogens with zero attached hydrogens (tertiary/aromatic N) is 3. The Bertz CT molecular complexity index is 1670. The van der Waals surface area contributed by atoms with Crippen molar-refractivity contribution in [3.05, 3.63) is 179 Å². The number of benzene rings is 5.